The maximum absolute atomic E-state index is 13.8. The lowest BCUT2D eigenvalue weighted by atomic mass is 9.88. The highest BCUT2D eigenvalue weighted by atomic mass is 16.6. The van der Waals surface area contributed by atoms with Crippen LogP contribution in [-0.2, 0) is 19.1 Å². The van der Waals surface area contributed by atoms with Crippen molar-refractivity contribution in [2.24, 2.45) is 11.8 Å². The third-order valence-electron chi connectivity index (χ3n) is 10.2. The Morgan fingerprint density at radius 1 is 0.537 bits per heavy atom. The first-order valence-corrected chi connectivity index (χ1v) is 18.4. The highest BCUT2D eigenvalue weighted by Gasteiger charge is 2.50. The Morgan fingerprint density at radius 3 is 1.24 bits per heavy atom. The lowest BCUT2D eigenvalue weighted by Crippen LogP contribution is -2.52. The number of rotatable bonds is 6. The molecule has 2 aromatic carbocycles. The van der Waals surface area contributed by atoms with E-state index in [1.807, 2.05) is 0 Å². The molecule has 2 fully saturated rings. The van der Waals surface area contributed by atoms with E-state index in [1.54, 1.807) is 41.5 Å². The van der Waals surface area contributed by atoms with Crippen molar-refractivity contribution < 1.29 is 52.6 Å². The first-order chi connectivity index (χ1) is 25.3. The van der Waals surface area contributed by atoms with E-state index < -0.39 is 87.8 Å². The number of fused-ring (bicyclic) bond motifs is 2. The van der Waals surface area contributed by atoms with Crippen LogP contribution in [0.2, 0.25) is 0 Å². The quantitative estimate of drug-likeness (QED) is 0.265. The fraction of sp³-hybridized carbons (Fsp3) is 0.488. The van der Waals surface area contributed by atoms with Gasteiger partial charge in [-0.2, -0.15) is 0 Å². The van der Waals surface area contributed by atoms with Gasteiger partial charge in [0.1, 0.15) is 23.0 Å². The number of carbonyl (C=O) groups excluding carboxylic acids is 9. The number of ether oxygens (including phenoxy) is 2. The molecule has 4 aliphatic rings. The van der Waals surface area contributed by atoms with Gasteiger partial charge in [-0.1, -0.05) is 12.1 Å². The van der Waals surface area contributed by atoms with Crippen molar-refractivity contribution in [3.63, 3.8) is 0 Å². The number of amides is 2. The maximum Gasteiger partial charge on any atom is 0.410 e. The molecule has 2 amide bonds. The van der Waals surface area contributed by atoms with E-state index in [0.29, 0.717) is 25.7 Å². The Balaban J connectivity index is 1.21. The van der Waals surface area contributed by atoms with Gasteiger partial charge in [0.05, 0.1) is 12.1 Å². The summed E-state index contributed by atoms with van der Waals surface area (Å²) >= 11 is 0. The van der Waals surface area contributed by atoms with Crippen LogP contribution >= 0.6 is 0 Å². The van der Waals surface area contributed by atoms with Crippen LogP contribution in [0.3, 0.4) is 0 Å². The van der Waals surface area contributed by atoms with Crippen molar-refractivity contribution >= 4 is 52.7 Å². The molecule has 6 rings (SSSR count). The van der Waals surface area contributed by atoms with E-state index in [4.69, 9.17) is 9.47 Å². The molecule has 284 valence electrons. The number of benzene rings is 2. The first kappa shape index (κ1) is 38.4. The van der Waals surface area contributed by atoms with Gasteiger partial charge in [0.2, 0.25) is 0 Å². The second kappa shape index (κ2) is 14.1. The minimum atomic E-state index is -1.67. The van der Waals surface area contributed by atoms with Crippen LogP contribution in [0.25, 0.3) is 0 Å². The number of piperidine rings is 2. The van der Waals surface area contributed by atoms with Crippen molar-refractivity contribution in [1.82, 2.24) is 9.80 Å². The highest BCUT2D eigenvalue weighted by Crippen LogP contribution is 2.35. The van der Waals surface area contributed by atoms with Crippen molar-refractivity contribution in [3.05, 3.63) is 69.8 Å². The smallest absolute Gasteiger partial charge is 0.410 e. The zero-order chi connectivity index (χ0) is 39.4. The first-order valence-electron chi connectivity index (χ1n) is 18.4. The molecule has 13 nitrogen and oxygen atoms in total. The van der Waals surface area contributed by atoms with Crippen LogP contribution in [0.1, 0.15) is 137 Å². The molecule has 0 radical (unpaired) electrons. The summed E-state index contributed by atoms with van der Waals surface area (Å²) in [6.07, 6.45) is 1.63. The second-order valence-electron chi connectivity index (χ2n) is 16.3. The van der Waals surface area contributed by atoms with Gasteiger partial charge in [-0.3, -0.25) is 43.4 Å². The van der Waals surface area contributed by atoms with Gasteiger partial charge in [-0.15, -0.1) is 0 Å². The van der Waals surface area contributed by atoms with Gasteiger partial charge >= 0.3 is 12.2 Å². The SMILES string of the molecule is CC(C)(C)OC(=O)N1CCCC[C@@H]1C(=O)C1C(=O)c2ccc(C(=O)c3ccc4c(c3)C(=O)C(C(=O)[C@H]3CCCCN3C(=O)OC(C)(C)C)C4=O)cc2C1=O. The van der Waals surface area contributed by atoms with Crippen LogP contribution in [0.5, 0.6) is 0 Å². The molecule has 4 atom stereocenters. The van der Waals surface area contributed by atoms with Gasteiger partial charge in [-0.05, 0) is 104 Å². The Morgan fingerprint density at radius 2 is 0.889 bits per heavy atom. The molecule has 2 unspecified atom stereocenters. The van der Waals surface area contributed by atoms with Crippen LogP contribution in [0.15, 0.2) is 36.4 Å². The molecular formula is C41H44N2O11. The van der Waals surface area contributed by atoms with E-state index in [2.05, 4.69) is 0 Å². The van der Waals surface area contributed by atoms with E-state index >= 15 is 0 Å². The summed E-state index contributed by atoms with van der Waals surface area (Å²) in [7, 11) is 0. The highest BCUT2D eigenvalue weighted by molar-refractivity contribution is 6.38. The molecule has 0 N–H and O–H groups in total. The molecular weight excluding hydrogens is 696 g/mol. The normalized spacial score (nSPS) is 22.9. The molecule has 13 heteroatoms. The van der Waals surface area contributed by atoms with Crippen LogP contribution in [-0.4, -0.2) is 98.8 Å². The fourth-order valence-electron chi connectivity index (χ4n) is 7.67. The number of likely N-dealkylation sites (tertiary alicyclic amines) is 2. The average molecular weight is 741 g/mol. The lowest BCUT2D eigenvalue weighted by molar-refractivity contribution is -0.127. The molecule has 54 heavy (non-hydrogen) atoms. The van der Waals surface area contributed by atoms with Gasteiger partial charge < -0.3 is 9.47 Å². The minimum absolute atomic E-state index is 0.00407. The van der Waals surface area contributed by atoms with Gasteiger partial charge in [0.25, 0.3) is 0 Å². The molecule has 0 aromatic heterocycles. The van der Waals surface area contributed by atoms with E-state index in [-0.39, 0.29) is 59.3 Å². The summed E-state index contributed by atoms with van der Waals surface area (Å²) in [6.45, 7) is 10.7. The number of ketones is 7. The van der Waals surface area contributed by atoms with Crippen molar-refractivity contribution in [2.75, 3.05) is 13.1 Å². The fourth-order valence-corrected chi connectivity index (χ4v) is 7.67. The van der Waals surface area contributed by atoms with E-state index in [0.717, 1.165) is 0 Å². The number of hydrogen-bond acceptors (Lipinski definition) is 11. The monoisotopic (exact) mass is 740 g/mol. The summed E-state index contributed by atoms with van der Waals surface area (Å²) in [4.78, 5) is 124. The largest absolute Gasteiger partial charge is 0.444 e. The molecule has 2 aliphatic carbocycles. The number of Topliss-reactive ketones (excluding diaryl/α,β-unsaturated/α-hetero) is 6. The minimum Gasteiger partial charge on any atom is -0.444 e. The summed E-state index contributed by atoms with van der Waals surface area (Å²) in [6, 6.07) is 5.71. The summed E-state index contributed by atoms with van der Waals surface area (Å²) in [5, 5.41) is 0. The summed E-state index contributed by atoms with van der Waals surface area (Å²) < 4.78 is 11.0. The predicted octanol–water partition coefficient (Wildman–Crippen LogP) is 5.63. The van der Waals surface area contributed by atoms with Gasteiger partial charge in [0.15, 0.2) is 40.5 Å². The zero-order valence-corrected chi connectivity index (χ0v) is 31.3. The molecule has 0 bridgehead atoms. The van der Waals surface area contributed by atoms with Crippen molar-refractivity contribution in [1.29, 1.82) is 0 Å². The number of hydrogen-bond donors (Lipinski definition) is 0. The molecule has 0 saturated carbocycles. The van der Waals surface area contributed by atoms with Crippen LogP contribution in [0.4, 0.5) is 9.59 Å². The molecule has 2 heterocycles. The van der Waals surface area contributed by atoms with E-state index in [1.165, 1.54) is 46.2 Å². The summed E-state index contributed by atoms with van der Waals surface area (Å²) in [5.74, 6) is -8.35. The Hall–Kier alpha value is -5.33. The molecule has 0 spiro atoms. The van der Waals surface area contributed by atoms with E-state index in [9.17, 15) is 43.2 Å². The Labute approximate surface area is 312 Å². The van der Waals surface area contributed by atoms with Crippen LogP contribution in [0, 0.1) is 11.8 Å². The molecule has 2 saturated heterocycles. The van der Waals surface area contributed by atoms with Crippen LogP contribution < -0.4 is 0 Å². The Bertz CT molecular complexity index is 1880. The second-order valence-corrected chi connectivity index (χ2v) is 16.3. The predicted molar refractivity (Wildman–Crippen MR) is 192 cm³/mol. The molecule has 2 aromatic rings. The maximum atomic E-state index is 13.8. The number of nitrogens with zero attached hydrogens (tertiary/aromatic N) is 2. The van der Waals surface area contributed by atoms with Gasteiger partial charge in [0, 0.05) is 46.5 Å². The van der Waals surface area contributed by atoms with Crippen molar-refractivity contribution in [2.45, 2.75) is 103 Å². The zero-order valence-electron chi connectivity index (χ0n) is 31.3. The topological polar surface area (TPSA) is 179 Å². The third-order valence-corrected chi connectivity index (χ3v) is 10.2. The summed E-state index contributed by atoms with van der Waals surface area (Å²) in [5.41, 5.74) is -1.90. The van der Waals surface area contributed by atoms with Crippen molar-refractivity contribution in [3.8, 4) is 0 Å². The third kappa shape index (κ3) is 7.15. The number of carbonyl (C=O) groups is 9. The standard InChI is InChI=1S/C41H44N2O11/c1-40(2,3)53-38(51)42-17-9-7-11-27(42)36(49)29-32(45)23-15-13-21(19-25(23)34(29)47)31(44)22-14-16-24-26(20-22)35(48)30(33(24)46)37(50)28-12-8-10-18-43(28)39(52)54-41(4,5)6/h13-16,19-20,27-30H,7-12,17-18H2,1-6H3/t27-,28-,29?,30?/m1/s1. The molecule has 2 aliphatic heterocycles. The Kier molecular flexibility index (Phi) is 10.1. The lowest BCUT2D eigenvalue weighted by Gasteiger charge is -2.36. The average Bonchev–Trinajstić information content (AvgIpc) is 3.52. The van der Waals surface area contributed by atoms with Gasteiger partial charge in [-0.25, -0.2) is 9.59 Å².